The number of likely N-dealkylation sites (N-methyl/N-ethyl adjacent to an activating group) is 1. The molecular formula is C23H33N3O4S. The number of hydrogen-bond donors (Lipinski definition) is 1. The minimum atomic E-state index is -3.87. The highest BCUT2D eigenvalue weighted by Crippen LogP contribution is 2.28. The molecule has 2 aromatic carbocycles. The summed E-state index contributed by atoms with van der Waals surface area (Å²) in [5, 5.41) is 2.90. The first kappa shape index (κ1) is 24.8. The van der Waals surface area contributed by atoms with Gasteiger partial charge in [-0.15, -0.1) is 0 Å². The molecule has 0 saturated carbocycles. The van der Waals surface area contributed by atoms with Crippen molar-refractivity contribution in [1.29, 1.82) is 0 Å². The summed E-state index contributed by atoms with van der Waals surface area (Å²) in [6, 6.07) is 14.0. The average molecular weight is 448 g/mol. The Balaban J connectivity index is 2.23. The molecule has 8 heteroatoms. The van der Waals surface area contributed by atoms with Crippen LogP contribution in [0.5, 0.6) is 5.75 Å². The highest BCUT2D eigenvalue weighted by Gasteiger charge is 2.26. The standard InChI is InChI=1S/C23H33N3O4S/c1-6-26(7-2)18(3)16-24-23(27)20-13-14-21(30-5)22(15-20)31(28,29)25(4)17-19-11-9-8-10-12-19/h8-15,18H,6-7,16-17H2,1-5H3,(H,24,27). The van der Waals surface area contributed by atoms with E-state index in [0.717, 1.165) is 18.7 Å². The fourth-order valence-corrected chi connectivity index (χ4v) is 4.77. The molecule has 1 atom stereocenters. The smallest absolute Gasteiger partial charge is 0.251 e. The maximum absolute atomic E-state index is 13.2. The van der Waals surface area contributed by atoms with E-state index in [-0.39, 0.29) is 34.7 Å². The van der Waals surface area contributed by atoms with Gasteiger partial charge in [0.05, 0.1) is 7.11 Å². The second kappa shape index (κ2) is 11.3. The van der Waals surface area contributed by atoms with Crippen LogP contribution in [0.4, 0.5) is 0 Å². The van der Waals surface area contributed by atoms with E-state index < -0.39 is 10.0 Å². The number of methoxy groups -OCH3 is 1. The van der Waals surface area contributed by atoms with E-state index in [1.165, 1.54) is 30.6 Å². The van der Waals surface area contributed by atoms with Crippen LogP contribution in [0.2, 0.25) is 0 Å². The topological polar surface area (TPSA) is 79.0 Å². The maximum Gasteiger partial charge on any atom is 0.251 e. The molecule has 0 bridgehead atoms. The molecule has 0 aliphatic heterocycles. The number of carbonyl (C=O) groups is 1. The quantitative estimate of drug-likeness (QED) is 0.573. The minimum absolute atomic E-state index is 0.0297. The monoisotopic (exact) mass is 447 g/mol. The Bertz CT molecular complexity index is 960. The van der Waals surface area contributed by atoms with Gasteiger partial charge in [-0.25, -0.2) is 8.42 Å². The zero-order valence-electron chi connectivity index (χ0n) is 19.0. The van der Waals surface area contributed by atoms with E-state index in [9.17, 15) is 13.2 Å². The van der Waals surface area contributed by atoms with Gasteiger partial charge in [0.25, 0.3) is 5.91 Å². The predicted octanol–water partition coefficient (Wildman–Crippen LogP) is 2.98. The average Bonchev–Trinajstić information content (AvgIpc) is 2.78. The zero-order valence-corrected chi connectivity index (χ0v) is 19.8. The van der Waals surface area contributed by atoms with Gasteiger partial charge in [-0.2, -0.15) is 4.31 Å². The van der Waals surface area contributed by atoms with Crippen LogP contribution in [0.3, 0.4) is 0 Å². The van der Waals surface area contributed by atoms with Crippen LogP contribution < -0.4 is 10.1 Å². The van der Waals surface area contributed by atoms with E-state index in [1.807, 2.05) is 30.3 Å². The normalized spacial score (nSPS) is 12.7. The number of sulfonamides is 1. The molecule has 2 aromatic rings. The molecule has 170 valence electrons. The number of nitrogens with one attached hydrogen (secondary N) is 1. The van der Waals surface area contributed by atoms with Crippen molar-refractivity contribution in [2.45, 2.75) is 38.3 Å². The fourth-order valence-electron chi connectivity index (χ4n) is 3.43. The van der Waals surface area contributed by atoms with Crippen LogP contribution in [-0.4, -0.2) is 63.4 Å². The molecular weight excluding hydrogens is 414 g/mol. The molecule has 31 heavy (non-hydrogen) atoms. The largest absolute Gasteiger partial charge is 0.495 e. The lowest BCUT2D eigenvalue weighted by Gasteiger charge is -2.26. The number of benzene rings is 2. The van der Waals surface area contributed by atoms with Crippen molar-refractivity contribution in [2.75, 3.05) is 33.8 Å². The number of ether oxygens (including phenoxy) is 1. The lowest BCUT2D eigenvalue weighted by molar-refractivity contribution is 0.0937. The third-order valence-electron chi connectivity index (χ3n) is 5.36. The minimum Gasteiger partial charge on any atom is -0.495 e. The molecule has 0 aromatic heterocycles. The zero-order chi connectivity index (χ0) is 23.0. The molecule has 0 radical (unpaired) electrons. The van der Waals surface area contributed by atoms with Crippen molar-refractivity contribution in [3.05, 3.63) is 59.7 Å². The summed E-state index contributed by atoms with van der Waals surface area (Å²) in [5.74, 6) is -0.114. The molecule has 1 unspecified atom stereocenters. The lowest BCUT2D eigenvalue weighted by Crippen LogP contribution is -2.42. The predicted molar refractivity (Wildman–Crippen MR) is 123 cm³/mol. The number of rotatable bonds is 11. The Hall–Kier alpha value is -2.42. The second-order valence-corrected chi connectivity index (χ2v) is 9.41. The number of hydrogen-bond acceptors (Lipinski definition) is 5. The van der Waals surface area contributed by atoms with Crippen molar-refractivity contribution in [2.24, 2.45) is 0 Å². The molecule has 0 spiro atoms. The highest BCUT2D eigenvalue weighted by atomic mass is 32.2. The SMILES string of the molecule is CCN(CC)C(C)CNC(=O)c1ccc(OC)c(S(=O)(=O)N(C)Cc2ccccc2)c1. The van der Waals surface area contributed by atoms with E-state index in [2.05, 4.69) is 31.0 Å². The first-order chi connectivity index (χ1) is 14.7. The van der Waals surface area contributed by atoms with Crippen LogP contribution in [0.1, 0.15) is 36.7 Å². The van der Waals surface area contributed by atoms with Gasteiger partial charge in [-0.1, -0.05) is 44.2 Å². The van der Waals surface area contributed by atoms with Crippen molar-refractivity contribution < 1.29 is 17.9 Å². The molecule has 0 fully saturated rings. The number of nitrogens with zero attached hydrogens (tertiary/aromatic N) is 2. The van der Waals surface area contributed by atoms with Crippen molar-refractivity contribution in [1.82, 2.24) is 14.5 Å². The summed E-state index contributed by atoms with van der Waals surface area (Å²) in [5.41, 5.74) is 1.14. The van der Waals surface area contributed by atoms with Gasteiger partial charge in [-0.3, -0.25) is 9.69 Å². The van der Waals surface area contributed by atoms with Crippen LogP contribution in [0, 0.1) is 0 Å². The van der Waals surface area contributed by atoms with Gasteiger partial charge < -0.3 is 10.1 Å². The van der Waals surface area contributed by atoms with Crippen LogP contribution in [-0.2, 0) is 16.6 Å². The van der Waals surface area contributed by atoms with Gasteiger partial charge in [0.2, 0.25) is 10.0 Å². The summed E-state index contributed by atoms with van der Waals surface area (Å²) in [7, 11) is -0.941. The van der Waals surface area contributed by atoms with E-state index >= 15 is 0 Å². The maximum atomic E-state index is 13.2. The van der Waals surface area contributed by atoms with Gasteiger partial charge in [0.1, 0.15) is 10.6 Å². The summed E-state index contributed by atoms with van der Waals surface area (Å²) in [6.07, 6.45) is 0. The number of carbonyl (C=O) groups excluding carboxylic acids is 1. The van der Waals surface area contributed by atoms with Gasteiger partial charge in [0.15, 0.2) is 0 Å². The number of amides is 1. The van der Waals surface area contributed by atoms with E-state index in [4.69, 9.17) is 4.74 Å². The third kappa shape index (κ3) is 6.29. The third-order valence-corrected chi connectivity index (χ3v) is 7.18. The van der Waals surface area contributed by atoms with Crippen LogP contribution >= 0.6 is 0 Å². The van der Waals surface area contributed by atoms with Crippen molar-refractivity contribution in [3.63, 3.8) is 0 Å². The Labute approximate surface area is 186 Å². The summed E-state index contributed by atoms with van der Waals surface area (Å²) >= 11 is 0. The molecule has 0 aliphatic rings. The Morgan fingerprint density at radius 1 is 1.10 bits per heavy atom. The summed E-state index contributed by atoms with van der Waals surface area (Å²) in [4.78, 5) is 14.9. The van der Waals surface area contributed by atoms with Crippen LogP contribution in [0.15, 0.2) is 53.4 Å². The molecule has 7 nitrogen and oxygen atoms in total. The Kier molecular flexibility index (Phi) is 9.03. The lowest BCUT2D eigenvalue weighted by atomic mass is 10.2. The van der Waals surface area contributed by atoms with Gasteiger partial charge in [0, 0.05) is 31.7 Å². The molecule has 2 rings (SSSR count). The van der Waals surface area contributed by atoms with Crippen LogP contribution in [0.25, 0.3) is 0 Å². The highest BCUT2D eigenvalue weighted by molar-refractivity contribution is 7.89. The molecule has 0 saturated heterocycles. The van der Waals surface area contributed by atoms with E-state index in [0.29, 0.717) is 6.54 Å². The van der Waals surface area contributed by atoms with Gasteiger partial charge >= 0.3 is 0 Å². The molecule has 1 amide bonds. The molecule has 0 aliphatic carbocycles. The van der Waals surface area contributed by atoms with E-state index in [1.54, 1.807) is 6.07 Å². The van der Waals surface area contributed by atoms with Crippen molar-refractivity contribution in [3.8, 4) is 5.75 Å². The fraction of sp³-hybridized carbons (Fsp3) is 0.435. The summed E-state index contributed by atoms with van der Waals surface area (Å²) < 4.78 is 33.0. The van der Waals surface area contributed by atoms with Gasteiger partial charge in [-0.05, 0) is 43.8 Å². The molecule has 0 heterocycles. The summed E-state index contributed by atoms with van der Waals surface area (Å²) in [6.45, 7) is 8.68. The first-order valence-electron chi connectivity index (χ1n) is 10.4. The first-order valence-corrected chi connectivity index (χ1v) is 11.9. The second-order valence-electron chi connectivity index (χ2n) is 7.39. The Morgan fingerprint density at radius 2 is 1.74 bits per heavy atom. The molecule has 1 N–H and O–H groups in total. The van der Waals surface area contributed by atoms with Crippen molar-refractivity contribution >= 4 is 15.9 Å². The Morgan fingerprint density at radius 3 is 2.32 bits per heavy atom.